The molecule has 5 heteroatoms. The molecule has 1 N–H and O–H groups in total. The standard InChI is InChI=1S/C18H19NO3S/c1-13-7-9-15(10-8-13)23(21)12-17-19-16(11-20)18(22-17)14-5-3-2-4-6-14/h2-10,16,18,20H,11-12H2,1H3/t16-,18-,23-/m0/s1. The average molecular weight is 329 g/mol. The van der Waals surface area contributed by atoms with Gasteiger partial charge in [-0.2, -0.15) is 0 Å². The molecule has 2 aromatic carbocycles. The van der Waals surface area contributed by atoms with Gasteiger partial charge in [0.1, 0.15) is 17.9 Å². The smallest absolute Gasteiger partial charge is 0.197 e. The fraction of sp³-hybridized carbons (Fsp3) is 0.278. The minimum Gasteiger partial charge on any atom is -0.470 e. The van der Waals surface area contributed by atoms with E-state index in [0.29, 0.717) is 5.90 Å². The lowest BCUT2D eigenvalue weighted by molar-refractivity contribution is 0.151. The third-order valence-electron chi connectivity index (χ3n) is 3.78. The molecule has 0 saturated heterocycles. The SMILES string of the molecule is Cc1ccc([S@@](=O)CC2=N[C@@H](CO)[C@H](c3ccccc3)O2)cc1. The molecular weight excluding hydrogens is 310 g/mol. The third kappa shape index (κ3) is 3.68. The van der Waals surface area contributed by atoms with Crippen LogP contribution in [-0.4, -0.2) is 33.6 Å². The Morgan fingerprint density at radius 1 is 1.13 bits per heavy atom. The lowest BCUT2D eigenvalue weighted by Crippen LogP contribution is -2.18. The topological polar surface area (TPSA) is 58.9 Å². The highest BCUT2D eigenvalue weighted by atomic mass is 32.2. The van der Waals surface area contributed by atoms with E-state index in [0.717, 1.165) is 16.0 Å². The largest absolute Gasteiger partial charge is 0.470 e. The third-order valence-corrected chi connectivity index (χ3v) is 5.08. The molecule has 0 aromatic heterocycles. The van der Waals surface area contributed by atoms with Crippen LogP contribution in [0.3, 0.4) is 0 Å². The van der Waals surface area contributed by atoms with Gasteiger partial charge in [0.05, 0.1) is 17.4 Å². The summed E-state index contributed by atoms with van der Waals surface area (Å²) < 4.78 is 18.3. The molecule has 3 atom stereocenters. The number of ether oxygens (including phenoxy) is 1. The molecular formula is C18H19NO3S. The Bertz CT molecular complexity index is 713. The summed E-state index contributed by atoms with van der Waals surface area (Å²) in [5, 5.41) is 9.53. The van der Waals surface area contributed by atoms with Gasteiger partial charge in [0.2, 0.25) is 0 Å². The van der Waals surface area contributed by atoms with Crippen molar-refractivity contribution >= 4 is 16.7 Å². The van der Waals surface area contributed by atoms with Crippen LogP contribution in [0.2, 0.25) is 0 Å². The molecule has 120 valence electrons. The van der Waals surface area contributed by atoms with Gasteiger partial charge in [0.15, 0.2) is 5.90 Å². The zero-order valence-electron chi connectivity index (χ0n) is 12.9. The summed E-state index contributed by atoms with van der Waals surface area (Å²) in [6.07, 6.45) is -0.314. The van der Waals surface area contributed by atoms with Gasteiger partial charge in [0, 0.05) is 4.90 Å². The second-order valence-corrected chi connectivity index (χ2v) is 6.98. The van der Waals surface area contributed by atoms with E-state index >= 15 is 0 Å². The molecule has 0 spiro atoms. The van der Waals surface area contributed by atoms with Crippen molar-refractivity contribution in [3.05, 3.63) is 65.7 Å². The second kappa shape index (κ2) is 7.06. The molecule has 1 aliphatic rings. The fourth-order valence-electron chi connectivity index (χ4n) is 2.53. The Hall–Kier alpha value is -1.98. The number of nitrogens with zero attached hydrogens (tertiary/aromatic N) is 1. The van der Waals surface area contributed by atoms with Gasteiger partial charge >= 0.3 is 0 Å². The summed E-state index contributed by atoms with van der Waals surface area (Å²) in [7, 11) is -1.21. The minimum atomic E-state index is -1.21. The van der Waals surface area contributed by atoms with Crippen LogP contribution in [0.5, 0.6) is 0 Å². The highest BCUT2D eigenvalue weighted by Crippen LogP contribution is 2.29. The van der Waals surface area contributed by atoms with E-state index in [1.165, 1.54) is 0 Å². The van der Waals surface area contributed by atoms with Crippen molar-refractivity contribution in [2.45, 2.75) is 24.0 Å². The molecule has 2 aromatic rings. The van der Waals surface area contributed by atoms with E-state index in [2.05, 4.69) is 4.99 Å². The normalized spacial score (nSPS) is 21.6. The van der Waals surface area contributed by atoms with E-state index in [9.17, 15) is 9.32 Å². The van der Waals surface area contributed by atoms with E-state index in [1.54, 1.807) is 0 Å². The maximum absolute atomic E-state index is 12.4. The molecule has 3 rings (SSSR count). The number of hydrogen-bond donors (Lipinski definition) is 1. The van der Waals surface area contributed by atoms with Crippen LogP contribution in [0, 0.1) is 6.92 Å². The number of aryl methyl sites for hydroxylation is 1. The molecule has 0 aliphatic carbocycles. The van der Waals surface area contributed by atoms with Crippen LogP contribution in [-0.2, 0) is 15.5 Å². The monoisotopic (exact) mass is 329 g/mol. The fourth-order valence-corrected chi connectivity index (χ4v) is 3.51. The molecule has 0 bridgehead atoms. The number of benzene rings is 2. The molecule has 0 fully saturated rings. The molecule has 4 nitrogen and oxygen atoms in total. The Kier molecular flexibility index (Phi) is 4.88. The molecule has 0 saturated carbocycles. The Labute approximate surface area is 138 Å². The first-order chi connectivity index (χ1) is 11.2. The number of aliphatic hydroxyl groups excluding tert-OH is 1. The Morgan fingerprint density at radius 2 is 1.83 bits per heavy atom. The highest BCUT2D eigenvalue weighted by Gasteiger charge is 2.32. The number of aliphatic imine (C=N–C) groups is 1. The average Bonchev–Trinajstić information content (AvgIpc) is 2.99. The molecule has 0 radical (unpaired) electrons. The van der Waals surface area contributed by atoms with Crippen molar-refractivity contribution in [1.82, 2.24) is 0 Å². The summed E-state index contributed by atoms with van der Waals surface area (Å²) in [5.74, 6) is 0.667. The van der Waals surface area contributed by atoms with Crippen LogP contribution in [0.25, 0.3) is 0 Å². The van der Waals surface area contributed by atoms with Crippen LogP contribution in [0.4, 0.5) is 0 Å². The van der Waals surface area contributed by atoms with Crippen LogP contribution in [0.1, 0.15) is 17.2 Å². The lowest BCUT2D eigenvalue weighted by Gasteiger charge is -2.16. The molecule has 1 heterocycles. The maximum atomic E-state index is 12.4. The van der Waals surface area contributed by atoms with Gasteiger partial charge < -0.3 is 9.84 Å². The molecule has 23 heavy (non-hydrogen) atoms. The van der Waals surface area contributed by atoms with Gasteiger partial charge in [-0.05, 0) is 24.6 Å². The summed E-state index contributed by atoms with van der Waals surface area (Å²) >= 11 is 0. The van der Waals surface area contributed by atoms with Crippen molar-refractivity contribution in [3.63, 3.8) is 0 Å². The van der Waals surface area contributed by atoms with Gasteiger partial charge in [-0.3, -0.25) is 4.21 Å². The first-order valence-corrected chi connectivity index (χ1v) is 8.83. The summed E-state index contributed by atoms with van der Waals surface area (Å²) in [6, 6.07) is 16.9. The highest BCUT2D eigenvalue weighted by molar-refractivity contribution is 7.85. The lowest BCUT2D eigenvalue weighted by atomic mass is 10.0. The van der Waals surface area contributed by atoms with Crippen LogP contribution in [0.15, 0.2) is 64.5 Å². The van der Waals surface area contributed by atoms with E-state index in [-0.39, 0.29) is 24.5 Å². The number of aliphatic hydroxyl groups is 1. The van der Waals surface area contributed by atoms with Crippen molar-refractivity contribution in [1.29, 1.82) is 0 Å². The first-order valence-electron chi connectivity index (χ1n) is 7.51. The molecule has 0 unspecified atom stereocenters. The van der Waals surface area contributed by atoms with Crippen LogP contribution >= 0.6 is 0 Å². The number of rotatable bonds is 5. The van der Waals surface area contributed by atoms with Gasteiger partial charge in [-0.1, -0.05) is 48.0 Å². The molecule has 0 amide bonds. The van der Waals surface area contributed by atoms with Gasteiger partial charge in [-0.25, -0.2) is 4.99 Å². The van der Waals surface area contributed by atoms with Crippen molar-refractivity contribution in [2.24, 2.45) is 4.99 Å². The summed E-state index contributed by atoms with van der Waals surface area (Å²) in [6.45, 7) is 1.90. The second-order valence-electron chi connectivity index (χ2n) is 5.52. The van der Waals surface area contributed by atoms with Gasteiger partial charge in [0.25, 0.3) is 0 Å². The summed E-state index contributed by atoms with van der Waals surface area (Å²) in [4.78, 5) is 5.15. The predicted molar refractivity (Wildman–Crippen MR) is 91.0 cm³/mol. The Morgan fingerprint density at radius 3 is 2.48 bits per heavy atom. The maximum Gasteiger partial charge on any atom is 0.197 e. The van der Waals surface area contributed by atoms with E-state index in [1.807, 2.05) is 61.5 Å². The Balaban J connectivity index is 1.71. The van der Waals surface area contributed by atoms with Crippen LogP contribution < -0.4 is 0 Å². The predicted octanol–water partition coefficient (Wildman–Crippen LogP) is 2.63. The van der Waals surface area contributed by atoms with Crippen molar-refractivity contribution < 1.29 is 14.1 Å². The molecule has 1 aliphatic heterocycles. The quantitative estimate of drug-likeness (QED) is 0.917. The zero-order valence-corrected chi connectivity index (χ0v) is 13.7. The van der Waals surface area contributed by atoms with Gasteiger partial charge in [-0.15, -0.1) is 0 Å². The van der Waals surface area contributed by atoms with E-state index in [4.69, 9.17) is 4.74 Å². The van der Waals surface area contributed by atoms with Crippen molar-refractivity contribution in [3.8, 4) is 0 Å². The number of hydrogen-bond acceptors (Lipinski definition) is 4. The minimum absolute atomic E-state index is 0.0970. The first kappa shape index (κ1) is 15.9. The summed E-state index contributed by atoms with van der Waals surface area (Å²) in [5.41, 5.74) is 2.09. The van der Waals surface area contributed by atoms with Crippen molar-refractivity contribution in [2.75, 3.05) is 12.4 Å². The zero-order chi connectivity index (χ0) is 16.2. The van der Waals surface area contributed by atoms with E-state index < -0.39 is 10.8 Å².